The summed E-state index contributed by atoms with van der Waals surface area (Å²) in [4.78, 5) is 0. The van der Waals surface area contributed by atoms with Crippen LogP contribution in [-0.4, -0.2) is 11.2 Å². The Hall–Kier alpha value is -1.53. The van der Waals surface area contributed by atoms with Gasteiger partial charge in [0, 0.05) is 0 Å². The minimum atomic E-state index is -0.413. The Kier molecular flexibility index (Phi) is 3.96. The molecule has 1 N–H and O–H groups in total. The van der Waals surface area contributed by atoms with E-state index in [0.29, 0.717) is 12.2 Å². The Morgan fingerprint density at radius 2 is 2.36 bits per heavy atom. The average molecular weight is 191 g/mol. The highest BCUT2D eigenvalue weighted by Gasteiger charge is 2.05. The lowest BCUT2D eigenvalue weighted by molar-refractivity contribution is 0.249. The zero-order valence-corrected chi connectivity index (χ0v) is 8.10. The Bertz CT molecular complexity index is 330. The van der Waals surface area contributed by atoms with Gasteiger partial charge in [0.1, 0.15) is 11.8 Å². The van der Waals surface area contributed by atoms with Crippen LogP contribution in [0.1, 0.15) is 18.9 Å². The number of nitrogens with zero attached hydrogens (tertiary/aromatic N) is 1. The number of ether oxygens (including phenoxy) is 1. The fourth-order valence-electron chi connectivity index (χ4n) is 1.08. The molecule has 0 amide bonds. The Balaban J connectivity index is 2.71. The first-order valence-corrected chi connectivity index (χ1v) is 4.56. The van der Waals surface area contributed by atoms with E-state index in [2.05, 4.69) is 6.07 Å². The van der Waals surface area contributed by atoms with E-state index in [1.54, 1.807) is 24.3 Å². The van der Waals surface area contributed by atoms with Gasteiger partial charge in [-0.05, 0) is 24.1 Å². The zero-order chi connectivity index (χ0) is 10.4. The molecule has 3 heteroatoms. The molecule has 0 fully saturated rings. The lowest BCUT2D eigenvalue weighted by Gasteiger charge is -2.10. The molecule has 1 atom stereocenters. The van der Waals surface area contributed by atoms with Crippen molar-refractivity contribution in [1.82, 2.24) is 0 Å². The van der Waals surface area contributed by atoms with Gasteiger partial charge in [-0.25, -0.2) is 0 Å². The van der Waals surface area contributed by atoms with Crippen LogP contribution in [0.2, 0.25) is 0 Å². The van der Waals surface area contributed by atoms with Gasteiger partial charge in [-0.3, -0.25) is 0 Å². The first-order valence-electron chi connectivity index (χ1n) is 4.56. The third-order valence-corrected chi connectivity index (χ3v) is 1.87. The summed E-state index contributed by atoms with van der Waals surface area (Å²) in [7, 11) is 0. The van der Waals surface area contributed by atoms with E-state index >= 15 is 0 Å². The first-order chi connectivity index (χ1) is 6.80. The van der Waals surface area contributed by atoms with Crippen LogP contribution in [0.25, 0.3) is 0 Å². The van der Waals surface area contributed by atoms with Crippen LogP contribution in [0.5, 0.6) is 5.75 Å². The second kappa shape index (κ2) is 5.25. The van der Waals surface area contributed by atoms with Gasteiger partial charge in [0.15, 0.2) is 6.10 Å². The predicted molar refractivity (Wildman–Crippen MR) is 52.7 cm³/mol. The van der Waals surface area contributed by atoms with Crippen molar-refractivity contribution in [3.05, 3.63) is 29.8 Å². The van der Waals surface area contributed by atoms with E-state index in [4.69, 9.17) is 15.1 Å². The van der Waals surface area contributed by atoms with Crippen LogP contribution in [0.3, 0.4) is 0 Å². The fourth-order valence-corrected chi connectivity index (χ4v) is 1.08. The predicted octanol–water partition coefficient (Wildman–Crippen LogP) is 1.86. The van der Waals surface area contributed by atoms with Crippen molar-refractivity contribution in [2.45, 2.75) is 26.1 Å². The summed E-state index contributed by atoms with van der Waals surface area (Å²) in [6.07, 6.45) is 0.240. The molecule has 3 nitrogen and oxygen atoms in total. The van der Waals surface area contributed by atoms with Gasteiger partial charge in [-0.2, -0.15) is 5.26 Å². The van der Waals surface area contributed by atoms with Gasteiger partial charge in [0.25, 0.3) is 0 Å². The fraction of sp³-hybridized carbons (Fsp3) is 0.364. The van der Waals surface area contributed by atoms with Gasteiger partial charge in [0.2, 0.25) is 0 Å². The first kappa shape index (κ1) is 10.6. The molecular formula is C11H13NO2. The lowest BCUT2D eigenvalue weighted by atomic mass is 10.2. The molecule has 1 unspecified atom stereocenters. The van der Waals surface area contributed by atoms with E-state index in [0.717, 1.165) is 5.56 Å². The van der Waals surface area contributed by atoms with Crippen LogP contribution in [0, 0.1) is 11.3 Å². The summed E-state index contributed by atoms with van der Waals surface area (Å²) in [5, 5.41) is 17.6. The summed E-state index contributed by atoms with van der Waals surface area (Å²) < 4.78 is 5.38. The third kappa shape index (κ3) is 2.75. The molecule has 1 aromatic carbocycles. The highest BCUT2D eigenvalue weighted by molar-refractivity contribution is 5.28. The zero-order valence-electron chi connectivity index (χ0n) is 8.10. The van der Waals surface area contributed by atoms with Crippen molar-refractivity contribution in [3.63, 3.8) is 0 Å². The van der Waals surface area contributed by atoms with Gasteiger partial charge < -0.3 is 9.84 Å². The van der Waals surface area contributed by atoms with Crippen LogP contribution < -0.4 is 4.74 Å². The molecule has 0 bridgehead atoms. The molecular weight excluding hydrogens is 178 g/mol. The summed E-state index contributed by atoms with van der Waals surface area (Å²) in [6, 6.07) is 9.17. The smallest absolute Gasteiger partial charge is 0.184 e. The largest absolute Gasteiger partial charge is 0.476 e. The van der Waals surface area contributed by atoms with Crippen molar-refractivity contribution in [1.29, 1.82) is 5.26 Å². The quantitative estimate of drug-likeness (QED) is 0.790. The number of aliphatic hydroxyl groups excluding tert-OH is 1. The van der Waals surface area contributed by atoms with Gasteiger partial charge >= 0.3 is 0 Å². The van der Waals surface area contributed by atoms with Crippen molar-refractivity contribution >= 4 is 0 Å². The van der Waals surface area contributed by atoms with Crippen LogP contribution in [-0.2, 0) is 6.61 Å². The minimum Gasteiger partial charge on any atom is -0.476 e. The normalized spacial score (nSPS) is 11.8. The minimum absolute atomic E-state index is 0.0133. The second-order valence-electron chi connectivity index (χ2n) is 2.95. The number of nitriles is 1. The molecule has 0 spiro atoms. The number of hydrogen-bond donors (Lipinski definition) is 1. The molecule has 0 saturated heterocycles. The van der Waals surface area contributed by atoms with Crippen LogP contribution in [0.4, 0.5) is 0 Å². The number of benzene rings is 1. The van der Waals surface area contributed by atoms with E-state index in [9.17, 15) is 0 Å². The summed E-state index contributed by atoms with van der Waals surface area (Å²) in [6.45, 7) is 1.88. The van der Waals surface area contributed by atoms with E-state index < -0.39 is 6.10 Å². The summed E-state index contributed by atoms with van der Waals surface area (Å²) in [5.41, 5.74) is 0.787. The number of rotatable bonds is 4. The number of aliphatic hydroxyl groups is 1. The summed E-state index contributed by atoms with van der Waals surface area (Å²) >= 11 is 0. The Labute approximate surface area is 83.6 Å². The van der Waals surface area contributed by atoms with E-state index in [-0.39, 0.29) is 6.61 Å². The topological polar surface area (TPSA) is 53.2 Å². The summed E-state index contributed by atoms with van der Waals surface area (Å²) in [5.74, 6) is 0.630. The van der Waals surface area contributed by atoms with Crippen molar-refractivity contribution in [3.8, 4) is 11.8 Å². The van der Waals surface area contributed by atoms with Gasteiger partial charge in [-0.1, -0.05) is 19.1 Å². The van der Waals surface area contributed by atoms with Gasteiger partial charge in [0.05, 0.1) is 6.61 Å². The highest BCUT2D eigenvalue weighted by atomic mass is 16.5. The molecule has 0 aliphatic heterocycles. The van der Waals surface area contributed by atoms with Crippen LogP contribution >= 0.6 is 0 Å². The second-order valence-corrected chi connectivity index (χ2v) is 2.95. The maximum Gasteiger partial charge on any atom is 0.184 e. The average Bonchev–Trinajstić information content (AvgIpc) is 2.26. The molecule has 14 heavy (non-hydrogen) atoms. The van der Waals surface area contributed by atoms with E-state index in [1.807, 2.05) is 6.92 Å². The molecule has 0 heterocycles. The molecule has 0 saturated carbocycles. The molecule has 74 valence electrons. The lowest BCUT2D eigenvalue weighted by Crippen LogP contribution is -2.12. The monoisotopic (exact) mass is 191 g/mol. The Morgan fingerprint density at radius 1 is 1.57 bits per heavy atom. The Morgan fingerprint density at radius 3 is 2.93 bits per heavy atom. The molecule has 1 rings (SSSR count). The molecule has 0 aliphatic carbocycles. The molecule has 0 aliphatic rings. The number of hydrogen-bond acceptors (Lipinski definition) is 3. The highest BCUT2D eigenvalue weighted by Crippen LogP contribution is 2.15. The maximum absolute atomic E-state index is 8.89. The standard InChI is InChI=1S/C11H13NO2/c1-2-10(7-12)14-11-5-3-4-9(6-11)8-13/h3-6,10,13H,2,8H2,1H3. The maximum atomic E-state index is 8.89. The van der Waals surface area contributed by atoms with Crippen LogP contribution in [0.15, 0.2) is 24.3 Å². The van der Waals surface area contributed by atoms with Gasteiger partial charge in [-0.15, -0.1) is 0 Å². The molecule has 1 aromatic rings. The SMILES string of the molecule is CCC(C#N)Oc1cccc(CO)c1. The van der Waals surface area contributed by atoms with Crippen molar-refractivity contribution < 1.29 is 9.84 Å². The van der Waals surface area contributed by atoms with Crippen molar-refractivity contribution in [2.24, 2.45) is 0 Å². The molecule has 0 radical (unpaired) electrons. The third-order valence-electron chi connectivity index (χ3n) is 1.87. The van der Waals surface area contributed by atoms with E-state index in [1.165, 1.54) is 0 Å². The molecule has 0 aromatic heterocycles. The van der Waals surface area contributed by atoms with Crippen molar-refractivity contribution in [2.75, 3.05) is 0 Å².